The maximum absolute atomic E-state index is 12.4. The third-order valence-electron chi connectivity index (χ3n) is 3.00. The van der Waals surface area contributed by atoms with Crippen LogP contribution in [0.25, 0.3) is 10.9 Å². The molecule has 0 saturated heterocycles. The maximum atomic E-state index is 12.4. The predicted molar refractivity (Wildman–Crippen MR) is 69.8 cm³/mol. The fourth-order valence-corrected chi connectivity index (χ4v) is 2.10. The van der Waals surface area contributed by atoms with Crippen molar-refractivity contribution in [3.05, 3.63) is 40.9 Å². The van der Waals surface area contributed by atoms with Crippen LogP contribution in [0.15, 0.2) is 35.4 Å². The summed E-state index contributed by atoms with van der Waals surface area (Å²) >= 11 is 0. The van der Waals surface area contributed by atoms with Gasteiger partial charge in [0.1, 0.15) is 6.04 Å². The second-order valence-electron chi connectivity index (χ2n) is 4.64. The Bertz CT molecular complexity index is 663. The van der Waals surface area contributed by atoms with Gasteiger partial charge in [0.05, 0.1) is 17.2 Å². The van der Waals surface area contributed by atoms with Gasteiger partial charge in [-0.3, -0.25) is 19.4 Å². The van der Waals surface area contributed by atoms with Gasteiger partial charge < -0.3 is 0 Å². The number of hydrogen-bond donors (Lipinski definition) is 2. The number of aromatic nitrogens is 2. The van der Waals surface area contributed by atoms with Gasteiger partial charge in [-0.05, 0) is 18.1 Å². The van der Waals surface area contributed by atoms with E-state index in [2.05, 4.69) is 4.98 Å². The van der Waals surface area contributed by atoms with Crippen LogP contribution in [0.2, 0.25) is 0 Å². The zero-order valence-corrected chi connectivity index (χ0v) is 10.7. The first-order chi connectivity index (χ1) is 9.06. The highest BCUT2D eigenvalue weighted by Crippen LogP contribution is 2.16. The van der Waals surface area contributed by atoms with Crippen LogP contribution in [-0.4, -0.2) is 20.7 Å². The molecule has 0 aliphatic carbocycles. The van der Waals surface area contributed by atoms with Crippen molar-refractivity contribution < 1.29 is 10.0 Å². The van der Waals surface area contributed by atoms with Crippen LogP contribution in [0.3, 0.4) is 0 Å². The second-order valence-corrected chi connectivity index (χ2v) is 4.64. The first-order valence-corrected chi connectivity index (χ1v) is 5.96. The molecule has 1 atom stereocenters. The lowest BCUT2D eigenvalue weighted by atomic mass is 10.0. The van der Waals surface area contributed by atoms with Crippen molar-refractivity contribution in [2.45, 2.75) is 19.9 Å². The Kier molecular flexibility index (Phi) is 3.62. The van der Waals surface area contributed by atoms with Crippen molar-refractivity contribution >= 4 is 16.8 Å². The Hall–Kier alpha value is -2.21. The topological polar surface area (TPSA) is 84.2 Å². The Balaban J connectivity index is 2.64. The first kappa shape index (κ1) is 13.2. The third-order valence-corrected chi connectivity index (χ3v) is 3.00. The highest BCUT2D eigenvalue weighted by molar-refractivity contribution is 5.81. The van der Waals surface area contributed by atoms with E-state index in [0.717, 1.165) is 0 Å². The molecule has 1 heterocycles. The second kappa shape index (κ2) is 5.19. The molecule has 0 bridgehead atoms. The van der Waals surface area contributed by atoms with Crippen LogP contribution >= 0.6 is 0 Å². The van der Waals surface area contributed by atoms with E-state index in [1.165, 1.54) is 10.9 Å². The van der Waals surface area contributed by atoms with Crippen molar-refractivity contribution in [1.29, 1.82) is 0 Å². The van der Waals surface area contributed by atoms with E-state index in [9.17, 15) is 9.59 Å². The molecular weight excluding hydrogens is 246 g/mol. The van der Waals surface area contributed by atoms with E-state index in [1.807, 2.05) is 0 Å². The van der Waals surface area contributed by atoms with Gasteiger partial charge in [-0.1, -0.05) is 26.0 Å². The molecule has 2 rings (SSSR count). The lowest BCUT2D eigenvalue weighted by Gasteiger charge is -2.21. The first-order valence-electron chi connectivity index (χ1n) is 5.96. The van der Waals surface area contributed by atoms with Crippen LogP contribution < -0.4 is 11.0 Å². The third kappa shape index (κ3) is 2.34. The minimum Gasteiger partial charge on any atom is -0.289 e. The molecule has 100 valence electrons. The van der Waals surface area contributed by atoms with Gasteiger partial charge in [-0.15, -0.1) is 0 Å². The predicted octanol–water partition coefficient (Wildman–Crippen LogP) is 1.10. The average Bonchev–Trinajstić information content (AvgIpc) is 2.41. The van der Waals surface area contributed by atoms with E-state index >= 15 is 0 Å². The molecule has 1 unspecified atom stereocenters. The number of carbonyl (C=O) groups is 1. The lowest BCUT2D eigenvalue weighted by molar-refractivity contribution is -0.134. The molecule has 1 amide bonds. The van der Waals surface area contributed by atoms with Gasteiger partial charge in [-0.25, -0.2) is 10.5 Å². The minimum atomic E-state index is -0.797. The Labute approximate surface area is 109 Å². The summed E-state index contributed by atoms with van der Waals surface area (Å²) in [5, 5.41) is 9.23. The standard InChI is InChI=1S/C13H15N3O3/c1-8(2)11(12(17)15-19)16-7-14-10-6-4-3-5-9(10)13(16)18/h3-8,11,19H,1-2H3,(H,15,17). The molecule has 19 heavy (non-hydrogen) atoms. The van der Waals surface area contributed by atoms with E-state index in [1.54, 1.807) is 43.6 Å². The highest BCUT2D eigenvalue weighted by Gasteiger charge is 2.25. The molecule has 0 radical (unpaired) electrons. The van der Waals surface area contributed by atoms with Crippen molar-refractivity contribution in [2.24, 2.45) is 5.92 Å². The summed E-state index contributed by atoms with van der Waals surface area (Å²) in [6.45, 7) is 3.59. The molecule has 2 aromatic rings. The zero-order chi connectivity index (χ0) is 14.0. The van der Waals surface area contributed by atoms with Crippen LogP contribution in [0, 0.1) is 5.92 Å². The van der Waals surface area contributed by atoms with Gasteiger partial charge in [0.15, 0.2) is 0 Å². The van der Waals surface area contributed by atoms with Crippen molar-refractivity contribution in [3.8, 4) is 0 Å². The minimum absolute atomic E-state index is 0.159. The van der Waals surface area contributed by atoms with Gasteiger partial charge in [0, 0.05) is 0 Å². The molecule has 1 aromatic heterocycles. The van der Waals surface area contributed by atoms with Crippen molar-refractivity contribution in [2.75, 3.05) is 0 Å². The van der Waals surface area contributed by atoms with Crippen LogP contribution in [0.5, 0.6) is 0 Å². The number of rotatable bonds is 3. The van der Waals surface area contributed by atoms with Gasteiger partial charge in [-0.2, -0.15) is 0 Å². The van der Waals surface area contributed by atoms with E-state index in [-0.39, 0.29) is 11.5 Å². The summed E-state index contributed by atoms with van der Waals surface area (Å²) in [6.07, 6.45) is 1.34. The summed E-state index contributed by atoms with van der Waals surface area (Å²) in [4.78, 5) is 28.2. The molecule has 1 aromatic carbocycles. The molecule has 6 nitrogen and oxygen atoms in total. The number of fused-ring (bicyclic) bond motifs is 1. The Morgan fingerprint density at radius 2 is 2.05 bits per heavy atom. The molecule has 0 aliphatic rings. The van der Waals surface area contributed by atoms with Crippen molar-refractivity contribution in [3.63, 3.8) is 0 Å². The molecule has 0 saturated carbocycles. The normalized spacial score (nSPS) is 12.6. The van der Waals surface area contributed by atoms with Gasteiger partial charge >= 0.3 is 0 Å². The number of nitrogens with zero attached hydrogens (tertiary/aromatic N) is 2. The fraction of sp³-hybridized carbons (Fsp3) is 0.308. The Morgan fingerprint density at radius 1 is 1.37 bits per heavy atom. The zero-order valence-electron chi connectivity index (χ0n) is 10.7. The number of para-hydroxylation sites is 1. The number of nitrogens with one attached hydrogen (secondary N) is 1. The Morgan fingerprint density at radius 3 is 2.68 bits per heavy atom. The molecular formula is C13H15N3O3. The summed E-state index contributed by atoms with van der Waals surface area (Å²) < 4.78 is 1.25. The smallest absolute Gasteiger partial charge is 0.266 e. The highest BCUT2D eigenvalue weighted by atomic mass is 16.5. The monoisotopic (exact) mass is 261 g/mol. The number of hydroxylamine groups is 1. The van der Waals surface area contributed by atoms with E-state index in [4.69, 9.17) is 5.21 Å². The quantitative estimate of drug-likeness (QED) is 0.640. The lowest BCUT2D eigenvalue weighted by Crippen LogP contribution is -2.38. The number of benzene rings is 1. The SMILES string of the molecule is CC(C)C(C(=O)NO)n1cnc2ccccc2c1=O. The van der Waals surface area contributed by atoms with E-state index in [0.29, 0.717) is 10.9 Å². The number of hydrogen-bond acceptors (Lipinski definition) is 4. The van der Waals surface area contributed by atoms with Crippen LogP contribution in [0.1, 0.15) is 19.9 Å². The molecule has 2 N–H and O–H groups in total. The summed E-state index contributed by atoms with van der Waals surface area (Å²) in [5.41, 5.74) is 1.87. The van der Waals surface area contributed by atoms with E-state index < -0.39 is 11.9 Å². The number of amides is 1. The molecule has 0 fully saturated rings. The van der Waals surface area contributed by atoms with Crippen LogP contribution in [-0.2, 0) is 4.79 Å². The summed E-state index contributed by atoms with van der Waals surface area (Å²) in [5.74, 6) is -0.790. The maximum Gasteiger partial charge on any atom is 0.266 e. The number of carbonyl (C=O) groups excluding carboxylic acids is 1. The van der Waals surface area contributed by atoms with Crippen LogP contribution in [0.4, 0.5) is 0 Å². The summed E-state index contributed by atoms with van der Waals surface area (Å²) in [7, 11) is 0. The average molecular weight is 261 g/mol. The largest absolute Gasteiger partial charge is 0.289 e. The van der Waals surface area contributed by atoms with Gasteiger partial charge in [0.25, 0.3) is 11.5 Å². The fourth-order valence-electron chi connectivity index (χ4n) is 2.10. The van der Waals surface area contributed by atoms with Gasteiger partial charge in [0.2, 0.25) is 0 Å². The van der Waals surface area contributed by atoms with Crippen molar-refractivity contribution in [1.82, 2.24) is 15.0 Å². The molecule has 0 spiro atoms. The molecule has 0 aliphatic heterocycles. The molecule has 6 heteroatoms. The summed E-state index contributed by atoms with van der Waals surface area (Å²) in [6, 6.07) is 6.13.